The Morgan fingerprint density at radius 2 is 2.10 bits per heavy atom. The predicted molar refractivity (Wildman–Crippen MR) is 79.7 cm³/mol. The van der Waals surface area contributed by atoms with E-state index in [1.807, 2.05) is 6.92 Å². The molecule has 1 unspecified atom stereocenters. The fourth-order valence-electron chi connectivity index (χ4n) is 1.90. The number of hydrogen-bond donors (Lipinski definition) is 1. The van der Waals surface area contributed by atoms with Gasteiger partial charge >= 0.3 is 5.97 Å². The predicted octanol–water partition coefficient (Wildman–Crippen LogP) is 2.96. The maximum atomic E-state index is 13.1. The molecule has 0 heterocycles. The lowest BCUT2D eigenvalue weighted by Gasteiger charge is -2.22. The summed E-state index contributed by atoms with van der Waals surface area (Å²) in [4.78, 5) is 11.6. The van der Waals surface area contributed by atoms with Crippen LogP contribution in [0.1, 0.15) is 38.7 Å². The number of carbonyl (C=O) groups excluding carboxylic acids is 1. The number of benzene rings is 1. The largest absolute Gasteiger partial charge is 0.493 e. The van der Waals surface area contributed by atoms with Crippen molar-refractivity contribution in [1.29, 1.82) is 0 Å². The summed E-state index contributed by atoms with van der Waals surface area (Å²) in [6.45, 7) is 6.08. The summed E-state index contributed by atoms with van der Waals surface area (Å²) in [5, 5.41) is 0. The van der Waals surface area contributed by atoms with Gasteiger partial charge in [0.25, 0.3) is 0 Å². The normalized spacial score (nSPS) is 13.6. The molecule has 0 spiro atoms. The van der Waals surface area contributed by atoms with E-state index >= 15 is 0 Å². The van der Waals surface area contributed by atoms with Gasteiger partial charge in [0, 0.05) is 6.07 Å². The standard InChI is InChI=1S/C16H24FNO3/c1-4-20-15(19)16(3,18)9-5-6-10-21-14-11-13(17)8-7-12(14)2/h7-8,11H,4-6,9-10,18H2,1-3H3. The minimum absolute atomic E-state index is 0.313. The van der Waals surface area contributed by atoms with Gasteiger partial charge in [-0.05, 0) is 51.7 Å². The molecule has 0 aliphatic carbocycles. The lowest BCUT2D eigenvalue weighted by Crippen LogP contribution is -2.46. The Bertz CT molecular complexity index is 475. The van der Waals surface area contributed by atoms with Gasteiger partial charge in [0.05, 0.1) is 13.2 Å². The molecule has 1 rings (SSSR count). The highest BCUT2D eigenvalue weighted by atomic mass is 19.1. The van der Waals surface area contributed by atoms with Crippen molar-refractivity contribution in [1.82, 2.24) is 0 Å². The molecule has 0 bridgehead atoms. The first-order chi connectivity index (χ1) is 9.86. The van der Waals surface area contributed by atoms with Crippen molar-refractivity contribution in [3.8, 4) is 5.75 Å². The first-order valence-electron chi connectivity index (χ1n) is 7.22. The number of rotatable bonds is 8. The van der Waals surface area contributed by atoms with Gasteiger partial charge in [-0.25, -0.2) is 4.39 Å². The molecule has 1 aromatic rings. The monoisotopic (exact) mass is 297 g/mol. The van der Waals surface area contributed by atoms with Crippen molar-refractivity contribution in [3.05, 3.63) is 29.6 Å². The van der Waals surface area contributed by atoms with Crippen LogP contribution < -0.4 is 10.5 Å². The number of aryl methyl sites for hydroxylation is 1. The lowest BCUT2D eigenvalue weighted by atomic mass is 9.96. The van der Waals surface area contributed by atoms with Crippen LogP contribution in [0.2, 0.25) is 0 Å². The van der Waals surface area contributed by atoms with E-state index in [2.05, 4.69) is 0 Å². The van der Waals surface area contributed by atoms with Gasteiger partial charge in [0.2, 0.25) is 0 Å². The Hall–Kier alpha value is -1.62. The van der Waals surface area contributed by atoms with E-state index in [9.17, 15) is 9.18 Å². The quantitative estimate of drug-likeness (QED) is 0.592. The third kappa shape index (κ3) is 5.71. The molecule has 2 N–H and O–H groups in total. The Morgan fingerprint density at radius 3 is 2.76 bits per heavy atom. The summed E-state index contributed by atoms with van der Waals surface area (Å²) in [6.07, 6.45) is 2.00. The Morgan fingerprint density at radius 1 is 1.38 bits per heavy atom. The van der Waals surface area contributed by atoms with Crippen molar-refractivity contribution >= 4 is 5.97 Å². The average Bonchev–Trinajstić information content (AvgIpc) is 2.42. The van der Waals surface area contributed by atoms with Gasteiger partial charge < -0.3 is 15.2 Å². The van der Waals surface area contributed by atoms with Crippen molar-refractivity contribution in [2.24, 2.45) is 5.73 Å². The highest BCUT2D eigenvalue weighted by molar-refractivity contribution is 5.79. The minimum Gasteiger partial charge on any atom is -0.493 e. The molecule has 21 heavy (non-hydrogen) atoms. The summed E-state index contributed by atoms with van der Waals surface area (Å²) < 4.78 is 23.6. The molecule has 1 aromatic carbocycles. The molecular weight excluding hydrogens is 273 g/mol. The zero-order valence-electron chi connectivity index (χ0n) is 12.9. The van der Waals surface area contributed by atoms with Gasteiger partial charge in [-0.3, -0.25) is 4.79 Å². The molecule has 0 aromatic heterocycles. The molecule has 0 aliphatic rings. The fourth-order valence-corrected chi connectivity index (χ4v) is 1.90. The van der Waals surface area contributed by atoms with Crippen LogP contribution in [-0.2, 0) is 9.53 Å². The van der Waals surface area contributed by atoms with E-state index < -0.39 is 5.54 Å². The maximum Gasteiger partial charge on any atom is 0.325 e. The van der Waals surface area contributed by atoms with Gasteiger partial charge in [0.1, 0.15) is 17.1 Å². The zero-order valence-corrected chi connectivity index (χ0v) is 12.9. The first kappa shape index (κ1) is 17.4. The Labute approximate surface area is 125 Å². The van der Waals surface area contributed by atoms with Crippen LogP contribution in [0.5, 0.6) is 5.75 Å². The topological polar surface area (TPSA) is 61.5 Å². The van der Waals surface area contributed by atoms with Crippen LogP contribution in [0.4, 0.5) is 4.39 Å². The summed E-state index contributed by atoms with van der Waals surface area (Å²) in [7, 11) is 0. The van der Waals surface area contributed by atoms with Gasteiger partial charge in [-0.1, -0.05) is 6.07 Å². The molecule has 5 heteroatoms. The number of carbonyl (C=O) groups is 1. The summed E-state index contributed by atoms with van der Waals surface area (Å²) in [5.74, 6) is -0.143. The summed E-state index contributed by atoms with van der Waals surface area (Å²) in [6, 6.07) is 4.46. The second kappa shape index (κ2) is 7.98. The summed E-state index contributed by atoms with van der Waals surface area (Å²) in [5.41, 5.74) is 5.85. The number of ether oxygens (including phenoxy) is 2. The van der Waals surface area contributed by atoms with E-state index in [4.69, 9.17) is 15.2 Å². The second-order valence-electron chi connectivity index (χ2n) is 5.35. The van der Waals surface area contributed by atoms with Gasteiger partial charge in [-0.15, -0.1) is 0 Å². The van der Waals surface area contributed by atoms with E-state index in [0.29, 0.717) is 25.4 Å². The molecule has 0 saturated heterocycles. The molecule has 0 aliphatic heterocycles. The average molecular weight is 297 g/mol. The van der Waals surface area contributed by atoms with E-state index in [0.717, 1.165) is 18.4 Å². The number of hydrogen-bond acceptors (Lipinski definition) is 4. The molecule has 1 atom stereocenters. The number of esters is 1. The highest BCUT2D eigenvalue weighted by Gasteiger charge is 2.28. The third-order valence-electron chi connectivity index (χ3n) is 3.24. The van der Waals surface area contributed by atoms with Crippen molar-refractivity contribution in [2.75, 3.05) is 13.2 Å². The first-order valence-corrected chi connectivity index (χ1v) is 7.22. The van der Waals surface area contributed by atoms with Crippen LogP contribution in [0.25, 0.3) is 0 Å². The molecule has 0 radical (unpaired) electrons. The van der Waals surface area contributed by atoms with Crippen LogP contribution in [-0.4, -0.2) is 24.7 Å². The number of halogens is 1. The minimum atomic E-state index is -0.967. The maximum absolute atomic E-state index is 13.1. The highest BCUT2D eigenvalue weighted by Crippen LogP contribution is 2.19. The Balaban J connectivity index is 2.31. The van der Waals surface area contributed by atoms with Crippen LogP contribution in [0, 0.1) is 12.7 Å². The van der Waals surface area contributed by atoms with E-state index in [1.165, 1.54) is 12.1 Å². The fraction of sp³-hybridized carbons (Fsp3) is 0.562. The molecular formula is C16H24FNO3. The molecule has 0 fully saturated rings. The van der Waals surface area contributed by atoms with Gasteiger partial charge in [0.15, 0.2) is 0 Å². The molecule has 0 saturated carbocycles. The SMILES string of the molecule is CCOC(=O)C(C)(N)CCCCOc1cc(F)ccc1C. The Kier molecular flexibility index (Phi) is 6.62. The number of unbranched alkanes of at least 4 members (excludes halogenated alkanes) is 1. The zero-order chi connectivity index (χ0) is 15.9. The van der Waals surface area contributed by atoms with Crippen molar-refractivity contribution in [2.45, 2.75) is 45.6 Å². The van der Waals surface area contributed by atoms with Crippen molar-refractivity contribution in [3.63, 3.8) is 0 Å². The van der Waals surface area contributed by atoms with Crippen LogP contribution in [0.15, 0.2) is 18.2 Å². The molecule has 118 valence electrons. The number of nitrogens with two attached hydrogens (primary N) is 1. The lowest BCUT2D eigenvalue weighted by molar-refractivity contribution is -0.149. The summed E-state index contributed by atoms with van der Waals surface area (Å²) >= 11 is 0. The smallest absolute Gasteiger partial charge is 0.325 e. The van der Waals surface area contributed by atoms with Crippen LogP contribution >= 0.6 is 0 Å². The van der Waals surface area contributed by atoms with Gasteiger partial charge in [-0.2, -0.15) is 0 Å². The van der Waals surface area contributed by atoms with E-state index in [1.54, 1.807) is 19.9 Å². The van der Waals surface area contributed by atoms with Crippen LogP contribution in [0.3, 0.4) is 0 Å². The molecule has 4 nitrogen and oxygen atoms in total. The van der Waals surface area contributed by atoms with E-state index in [-0.39, 0.29) is 11.8 Å². The second-order valence-corrected chi connectivity index (χ2v) is 5.35. The molecule has 0 amide bonds. The van der Waals surface area contributed by atoms with Crippen molar-refractivity contribution < 1.29 is 18.7 Å². The third-order valence-corrected chi connectivity index (χ3v) is 3.24.